The molecule has 5 nitrogen and oxygen atoms in total. The molecule has 0 radical (unpaired) electrons. The Balaban J connectivity index is 2.74. The zero-order valence-corrected chi connectivity index (χ0v) is 11.3. The molecule has 0 aromatic carbocycles. The predicted octanol–water partition coefficient (Wildman–Crippen LogP) is 2.19. The van der Waals surface area contributed by atoms with Gasteiger partial charge in [-0.15, -0.1) is 5.10 Å². The van der Waals surface area contributed by atoms with Gasteiger partial charge in [-0.2, -0.15) is 0 Å². The minimum absolute atomic E-state index is 0.117. The maximum absolute atomic E-state index is 12.1. The molecule has 1 atom stereocenters. The van der Waals surface area contributed by atoms with Gasteiger partial charge in [0, 0.05) is 19.0 Å². The highest BCUT2D eigenvalue weighted by Gasteiger charge is 2.21. The third kappa shape index (κ3) is 3.28. The summed E-state index contributed by atoms with van der Waals surface area (Å²) in [5.74, 6) is 1.15. The van der Waals surface area contributed by atoms with Gasteiger partial charge in [0.2, 0.25) is 5.82 Å². The Kier molecular flexibility index (Phi) is 4.66. The van der Waals surface area contributed by atoms with Crippen LogP contribution >= 0.6 is 0 Å². The Morgan fingerprint density at radius 1 is 1.41 bits per heavy atom. The summed E-state index contributed by atoms with van der Waals surface area (Å²) in [5.41, 5.74) is 0. The van der Waals surface area contributed by atoms with Crippen LogP contribution in [0.3, 0.4) is 0 Å². The van der Waals surface area contributed by atoms with E-state index >= 15 is 0 Å². The van der Waals surface area contributed by atoms with Gasteiger partial charge in [0.25, 0.3) is 5.91 Å². The van der Waals surface area contributed by atoms with Gasteiger partial charge in [0.05, 0.1) is 0 Å². The van der Waals surface area contributed by atoms with Crippen molar-refractivity contribution in [3.8, 4) is 0 Å². The van der Waals surface area contributed by atoms with Crippen LogP contribution in [0.4, 0.5) is 0 Å². The van der Waals surface area contributed by atoms with Gasteiger partial charge in [-0.1, -0.05) is 27.2 Å². The molecule has 1 unspecified atom stereocenters. The summed E-state index contributed by atoms with van der Waals surface area (Å²) in [6.45, 7) is 8.17. The molecule has 0 aliphatic rings. The quantitative estimate of drug-likeness (QED) is 0.855. The number of nitrogens with one attached hydrogen (secondary N) is 1. The van der Waals surface area contributed by atoms with Crippen LogP contribution in [-0.4, -0.2) is 39.1 Å². The second-order valence-corrected chi connectivity index (χ2v) is 4.75. The first-order valence-electron chi connectivity index (χ1n) is 6.16. The first-order valence-corrected chi connectivity index (χ1v) is 6.16. The Morgan fingerprint density at radius 2 is 2.06 bits per heavy atom. The molecule has 1 amide bonds. The number of nitrogens with zero attached hydrogens (tertiary/aromatic N) is 3. The van der Waals surface area contributed by atoms with Gasteiger partial charge in [-0.05, 0) is 13.3 Å². The van der Waals surface area contributed by atoms with Gasteiger partial charge >= 0.3 is 0 Å². The predicted molar refractivity (Wildman–Crippen MR) is 66.9 cm³/mol. The molecule has 1 rings (SSSR count). The summed E-state index contributed by atoms with van der Waals surface area (Å²) in [6.07, 6.45) is 2.05. The van der Waals surface area contributed by atoms with Crippen molar-refractivity contribution in [3.05, 3.63) is 11.6 Å². The van der Waals surface area contributed by atoms with E-state index in [0.717, 1.165) is 18.7 Å². The third-order valence-electron chi connectivity index (χ3n) is 2.93. The van der Waals surface area contributed by atoms with Gasteiger partial charge < -0.3 is 4.90 Å². The number of aromatic amines is 1. The topological polar surface area (TPSA) is 61.9 Å². The molecule has 17 heavy (non-hydrogen) atoms. The lowest BCUT2D eigenvalue weighted by atomic mass is 10.2. The molecule has 0 aliphatic carbocycles. The van der Waals surface area contributed by atoms with E-state index in [4.69, 9.17) is 0 Å². The molecule has 0 saturated heterocycles. The van der Waals surface area contributed by atoms with Crippen LogP contribution in [0.15, 0.2) is 0 Å². The number of aromatic nitrogens is 3. The van der Waals surface area contributed by atoms with Crippen molar-refractivity contribution in [2.75, 3.05) is 7.05 Å². The number of amides is 1. The number of rotatable bonds is 5. The van der Waals surface area contributed by atoms with E-state index in [1.165, 1.54) is 0 Å². The highest BCUT2D eigenvalue weighted by Crippen LogP contribution is 2.11. The molecule has 96 valence electrons. The Bertz CT molecular complexity index is 372. The van der Waals surface area contributed by atoms with Gasteiger partial charge in [0.15, 0.2) is 0 Å². The second kappa shape index (κ2) is 5.80. The zero-order valence-electron chi connectivity index (χ0n) is 11.3. The molecule has 0 fully saturated rings. The van der Waals surface area contributed by atoms with Crippen LogP contribution in [-0.2, 0) is 0 Å². The fourth-order valence-corrected chi connectivity index (χ4v) is 1.60. The maximum Gasteiger partial charge on any atom is 0.293 e. The summed E-state index contributed by atoms with van der Waals surface area (Å²) in [6, 6.07) is 0.216. The Labute approximate surface area is 103 Å². The van der Waals surface area contributed by atoms with Crippen LogP contribution in [0.25, 0.3) is 0 Å². The Hall–Kier alpha value is -1.39. The van der Waals surface area contributed by atoms with Crippen LogP contribution in [0.5, 0.6) is 0 Å². The van der Waals surface area contributed by atoms with Gasteiger partial charge in [0.1, 0.15) is 5.82 Å². The van der Waals surface area contributed by atoms with Crippen molar-refractivity contribution in [2.45, 2.75) is 52.5 Å². The maximum atomic E-state index is 12.1. The number of hydrogen-bond donors (Lipinski definition) is 1. The minimum atomic E-state index is -0.117. The first kappa shape index (κ1) is 13.7. The molecule has 1 heterocycles. The summed E-state index contributed by atoms with van der Waals surface area (Å²) >= 11 is 0. The van der Waals surface area contributed by atoms with Crippen molar-refractivity contribution in [1.82, 2.24) is 20.1 Å². The molecule has 1 aromatic heterocycles. The van der Waals surface area contributed by atoms with Gasteiger partial charge in [-0.25, -0.2) is 4.98 Å². The third-order valence-corrected chi connectivity index (χ3v) is 2.93. The fraction of sp³-hybridized carbons (Fsp3) is 0.750. The van der Waals surface area contributed by atoms with E-state index < -0.39 is 0 Å². The average molecular weight is 238 g/mol. The minimum Gasteiger partial charge on any atom is -0.336 e. The second-order valence-electron chi connectivity index (χ2n) is 4.75. The lowest BCUT2D eigenvalue weighted by molar-refractivity contribution is 0.0724. The van der Waals surface area contributed by atoms with Crippen LogP contribution < -0.4 is 0 Å². The highest BCUT2D eigenvalue weighted by atomic mass is 16.2. The number of carbonyl (C=O) groups is 1. The van der Waals surface area contributed by atoms with Crippen LogP contribution in [0.2, 0.25) is 0 Å². The largest absolute Gasteiger partial charge is 0.336 e. The van der Waals surface area contributed by atoms with E-state index in [2.05, 4.69) is 22.1 Å². The van der Waals surface area contributed by atoms with Crippen molar-refractivity contribution in [1.29, 1.82) is 0 Å². The van der Waals surface area contributed by atoms with Crippen LogP contribution in [0.1, 0.15) is 62.9 Å². The molecule has 0 spiro atoms. The monoisotopic (exact) mass is 238 g/mol. The molecule has 5 heteroatoms. The molecule has 0 saturated carbocycles. The lowest BCUT2D eigenvalue weighted by Crippen LogP contribution is -2.35. The lowest BCUT2D eigenvalue weighted by Gasteiger charge is -2.23. The van der Waals surface area contributed by atoms with Crippen molar-refractivity contribution >= 4 is 5.91 Å². The zero-order chi connectivity index (χ0) is 13.0. The molecule has 0 aliphatic heterocycles. The molecule has 0 bridgehead atoms. The van der Waals surface area contributed by atoms with E-state index in [9.17, 15) is 4.79 Å². The number of hydrogen-bond acceptors (Lipinski definition) is 3. The molecule has 1 N–H and O–H groups in total. The average Bonchev–Trinajstić information content (AvgIpc) is 2.76. The molecular formula is C12H22N4O. The normalized spacial score (nSPS) is 12.8. The summed E-state index contributed by atoms with van der Waals surface area (Å²) in [5, 5.41) is 6.78. The van der Waals surface area contributed by atoms with E-state index in [-0.39, 0.29) is 23.7 Å². The summed E-state index contributed by atoms with van der Waals surface area (Å²) < 4.78 is 0. The first-order chi connectivity index (χ1) is 7.97. The van der Waals surface area contributed by atoms with E-state index in [0.29, 0.717) is 0 Å². The van der Waals surface area contributed by atoms with Gasteiger partial charge in [-0.3, -0.25) is 9.89 Å². The summed E-state index contributed by atoms with van der Waals surface area (Å²) in [4.78, 5) is 18.0. The molecular weight excluding hydrogens is 216 g/mol. The summed E-state index contributed by atoms with van der Waals surface area (Å²) in [7, 11) is 1.80. The fourth-order valence-electron chi connectivity index (χ4n) is 1.60. The smallest absolute Gasteiger partial charge is 0.293 e. The Morgan fingerprint density at radius 3 is 2.53 bits per heavy atom. The van der Waals surface area contributed by atoms with E-state index in [1.807, 2.05) is 20.8 Å². The van der Waals surface area contributed by atoms with Crippen molar-refractivity contribution in [3.63, 3.8) is 0 Å². The van der Waals surface area contributed by atoms with Crippen molar-refractivity contribution in [2.24, 2.45) is 0 Å². The standard InChI is InChI=1S/C12H22N4O/c1-6-7-9(4)16(5)12(17)11-13-10(8(2)3)14-15-11/h8-9H,6-7H2,1-5H3,(H,13,14,15). The van der Waals surface area contributed by atoms with Crippen LogP contribution in [0, 0.1) is 0 Å². The van der Waals surface area contributed by atoms with Crippen molar-refractivity contribution < 1.29 is 4.79 Å². The SMILES string of the molecule is CCCC(C)N(C)C(=O)c1n[nH]c(C(C)C)n1. The molecule has 1 aromatic rings. The number of H-pyrrole nitrogens is 1. The number of carbonyl (C=O) groups excluding carboxylic acids is 1. The highest BCUT2D eigenvalue weighted by molar-refractivity contribution is 5.90. The van der Waals surface area contributed by atoms with E-state index in [1.54, 1.807) is 11.9 Å².